The number of carbonyl (C=O) groups is 1. The molecule has 2 aromatic rings. The molecule has 2 aliphatic rings. The fraction of sp³-hybridized carbons (Fsp3) is 0.316. The van der Waals surface area contributed by atoms with Crippen molar-refractivity contribution in [1.82, 2.24) is 0 Å². The molecule has 26 heavy (non-hydrogen) atoms. The Morgan fingerprint density at radius 1 is 0.923 bits per heavy atom. The van der Waals surface area contributed by atoms with E-state index in [2.05, 4.69) is 0 Å². The Balaban J connectivity index is 0.000000188. The summed E-state index contributed by atoms with van der Waals surface area (Å²) in [7, 11) is 0. The van der Waals surface area contributed by atoms with Gasteiger partial charge in [0.25, 0.3) is 0 Å². The van der Waals surface area contributed by atoms with E-state index in [1.807, 2.05) is 12.9 Å². The van der Waals surface area contributed by atoms with Gasteiger partial charge < -0.3 is 29.2 Å². The van der Waals surface area contributed by atoms with Crippen molar-refractivity contribution in [2.24, 2.45) is 0 Å². The summed E-state index contributed by atoms with van der Waals surface area (Å²) >= 11 is 5.46. The Morgan fingerprint density at radius 2 is 1.38 bits per heavy atom. The van der Waals surface area contributed by atoms with Gasteiger partial charge in [-0.1, -0.05) is 41.9 Å². The summed E-state index contributed by atoms with van der Waals surface area (Å²) in [6.07, 6.45) is 0.785. The predicted octanol–water partition coefficient (Wildman–Crippen LogP) is 3.05. The number of aromatic hydroxyl groups is 2. The minimum atomic E-state index is 0.133. The highest BCUT2D eigenvalue weighted by molar-refractivity contribution is 6.31. The first-order valence-electron chi connectivity index (χ1n) is 7.92. The molecule has 0 saturated carbocycles. The molecule has 6 nitrogen and oxygen atoms in total. The van der Waals surface area contributed by atoms with Crippen LogP contribution in [0.1, 0.15) is 0 Å². The van der Waals surface area contributed by atoms with Gasteiger partial charge in [-0.2, -0.15) is 0 Å². The number of phenols is 2. The highest BCUT2D eigenvalue weighted by Gasteiger charge is 2.26. The zero-order chi connectivity index (χ0) is 19.2. The summed E-state index contributed by atoms with van der Waals surface area (Å²) in [6, 6.07) is 15.4. The van der Waals surface area contributed by atoms with Crippen molar-refractivity contribution in [3.05, 3.63) is 59.6 Å². The van der Waals surface area contributed by atoms with Gasteiger partial charge in [0.05, 0.1) is 31.5 Å². The monoisotopic (exact) mass is 382 g/mol. The Kier molecular flexibility index (Phi) is 11.1. The summed E-state index contributed by atoms with van der Waals surface area (Å²) in [4.78, 5) is 8.00. The van der Waals surface area contributed by atoms with Crippen LogP contribution < -0.4 is 0 Å². The van der Waals surface area contributed by atoms with E-state index in [-0.39, 0.29) is 5.75 Å². The van der Waals surface area contributed by atoms with Gasteiger partial charge in [0.15, 0.2) is 0 Å². The van der Waals surface area contributed by atoms with Gasteiger partial charge >= 0.3 is 0 Å². The zero-order valence-corrected chi connectivity index (χ0v) is 15.0. The predicted molar refractivity (Wildman–Crippen MR) is 98.6 cm³/mol. The van der Waals surface area contributed by atoms with Crippen molar-refractivity contribution < 1.29 is 29.2 Å². The maximum Gasteiger partial charge on any atom is 0.134 e. The second-order valence-corrected chi connectivity index (χ2v) is 5.64. The lowest BCUT2D eigenvalue weighted by molar-refractivity contribution is -0.0979. The molecule has 0 amide bonds. The van der Waals surface area contributed by atoms with E-state index in [0.29, 0.717) is 23.0 Å². The summed E-state index contributed by atoms with van der Waals surface area (Å²) in [5, 5.41) is 17.8. The maximum absolute atomic E-state index is 8.79. The number of hydrogen-bond acceptors (Lipinski definition) is 6. The smallest absolute Gasteiger partial charge is 0.134 e. The van der Waals surface area contributed by atoms with E-state index in [0.717, 1.165) is 26.4 Å². The molecule has 2 N–H and O–H groups in total. The molecule has 142 valence electrons. The second kappa shape index (κ2) is 13.1. The second-order valence-electron chi connectivity index (χ2n) is 5.24. The minimum absolute atomic E-state index is 0.133. The van der Waals surface area contributed by atoms with Crippen LogP contribution in [-0.2, 0) is 19.0 Å². The van der Waals surface area contributed by atoms with Gasteiger partial charge in [0.1, 0.15) is 30.5 Å². The van der Waals surface area contributed by atoms with Crippen LogP contribution in [0.5, 0.6) is 11.5 Å². The molecule has 2 unspecified atom stereocenters. The maximum atomic E-state index is 8.79. The molecule has 2 heterocycles. The topological polar surface area (TPSA) is 91.8 Å². The van der Waals surface area contributed by atoms with Crippen LogP contribution in [0, 0.1) is 0 Å². The van der Waals surface area contributed by atoms with E-state index >= 15 is 0 Å². The van der Waals surface area contributed by atoms with Crippen LogP contribution in [0.3, 0.4) is 0 Å². The number of hydrogen-bond donors (Lipinski definition) is 2. The molecule has 0 radical (unpaired) electrons. The molecule has 2 fully saturated rings. The normalized spacial score (nSPS) is 18.7. The highest BCUT2D eigenvalue weighted by atomic mass is 35.5. The molecule has 2 aromatic carbocycles. The van der Waals surface area contributed by atoms with Crippen molar-refractivity contribution in [3.63, 3.8) is 0 Å². The largest absolute Gasteiger partial charge is 0.508 e. The molecule has 2 aliphatic heterocycles. The van der Waals surface area contributed by atoms with Crippen LogP contribution in [-0.4, -0.2) is 55.6 Å². The third-order valence-corrected chi connectivity index (χ3v) is 3.34. The number of epoxide rings is 2. The first kappa shape index (κ1) is 21.9. The Hall–Kier alpha value is -2.12. The molecule has 2 saturated heterocycles. The van der Waals surface area contributed by atoms with Crippen molar-refractivity contribution >= 4 is 18.4 Å². The van der Waals surface area contributed by atoms with Crippen molar-refractivity contribution in [2.75, 3.05) is 26.4 Å². The molecule has 0 aromatic heterocycles. The van der Waals surface area contributed by atoms with Crippen molar-refractivity contribution in [1.29, 1.82) is 0 Å². The fourth-order valence-corrected chi connectivity index (χ4v) is 1.67. The van der Waals surface area contributed by atoms with E-state index in [9.17, 15) is 0 Å². The molecular weight excluding hydrogens is 360 g/mol. The van der Waals surface area contributed by atoms with E-state index in [1.165, 1.54) is 0 Å². The number of phenolic OH excluding ortho intramolecular Hbond substituents is 2. The Bertz CT molecular complexity index is 569. The lowest BCUT2D eigenvalue weighted by atomic mass is 10.3. The van der Waals surface area contributed by atoms with Gasteiger partial charge in [-0.15, -0.1) is 0 Å². The molecule has 0 spiro atoms. The molecule has 0 aliphatic carbocycles. The number of halogens is 1. The Morgan fingerprint density at radius 3 is 1.69 bits per heavy atom. The molecular formula is C19H23ClO6. The van der Waals surface area contributed by atoms with E-state index < -0.39 is 0 Å². The summed E-state index contributed by atoms with van der Waals surface area (Å²) in [6.45, 7) is 5.26. The van der Waals surface area contributed by atoms with Crippen molar-refractivity contribution in [3.8, 4) is 11.5 Å². The number of rotatable bonds is 4. The van der Waals surface area contributed by atoms with Crippen LogP contribution in [0.15, 0.2) is 54.6 Å². The Labute approximate surface area is 157 Å². The number of carbonyl (C=O) groups excluding carboxylic acids is 1. The van der Waals surface area contributed by atoms with Crippen LogP contribution >= 0.6 is 11.6 Å². The quantitative estimate of drug-likeness (QED) is 0.789. The standard InChI is InChI=1S/C6H5ClO.C6H10O3.C6H6O.CH2O/c7-5-3-1-2-4-6(5)8;1(5-3-8-5)7-2-6-4-9-6;7-6-4-2-1-3-5-6;1-2/h1-4,8H;5-6H,1-4H2;1-5,7H;1H2. The fourth-order valence-electron chi connectivity index (χ4n) is 1.54. The third kappa shape index (κ3) is 11.4. The number of benzene rings is 2. The zero-order valence-electron chi connectivity index (χ0n) is 14.3. The highest BCUT2D eigenvalue weighted by Crippen LogP contribution is 2.20. The van der Waals surface area contributed by atoms with Gasteiger partial charge in [-0.05, 0) is 24.3 Å². The molecule has 0 bridgehead atoms. The summed E-state index contributed by atoms with van der Waals surface area (Å²) in [5.74, 6) is 0.455. The van der Waals surface area contributed by atoms with Crippen molar-refractivity contribution in [2.45, 2.75) is 12.2 Å². The number of para-hydroxylation sites is 2. The lowest BCUT2D eigenvalue weighted by Gasteiger charge is -1.95. The molecule has 4 rings (SSSR count). The first-order valence-corrected chi connectivity index (χ1v) is 8.30. The van der Waals surface area contributed by atoms with Gasteiger partial charge in [0, 0.05) is 0 Å². The summed E-state index contributed by atoms with van der Waals surface area (Å²) < 4.78 is 15.1. The van der Waals surface area contributed by atoms with Gasteiger partial charge in [-0.3, -0.25) is 0 Å². The van der Waals surface area contributed by atoms with Crippen LogP contribution in [0.25, 0.3) is 0 Å². The van der Waals surface area contributed by atoms with Gasteiger partial charge in [-0.25, -0.2) is 0 Å². The van der Waals surface area contributed by atoms with Gasteiger partial charge in [0.2, 0.25) is 0 Å². The SMILES string of the molecule is C(OCC1CO1)C1CO1.C=O.Oc1ccccc1.Oc1ccccc1Cl. The van der Waals surface area contributed by atoms with E-state index in [4.69, 9.17) is 40.8 Å². The van der Waals surface area contributed by atoms with Crippen LogP contribution in [0.2, 0.25) is 5.02 Å². The third-order valence-electron chi connectivity index (χ3n) is 3.02. The average molecular weight is 383 g/mol. The van der Waals surface area contributed by atoms with Crippen LogP contribution in [0.4, 0.5) is 0 Å². The minimum Gasteiger partial charge on any atom is -0.508 e. The first-order chi connectivity index (χ1) is 12.6. The number of ether oxygens (including phenoxy) is 3. The lowest BCUT2D eigenvalue weighted by Crippen LogP contribution is -2.06. The molecule has 7 heteroatoms. The molecule has 2 atom stereocenters. The average Bonchev–Trinajstić information content (AvgIpc) is 3.57. The van der Waals surface area contributed by atoms with E-state index in [1.54, 1.807) is 48.5 Å². The summed E-state index contributed by atoms with van der Waals surface area (Å²) in [5.41, 5.74) is 0.